The van der Waals surface area contributed by atoms with Gasteiger partial charge in [-0.1, -0.05) is 26.8 Å². The molecule has 0 spiro atoms. The van der Waals surface area contributed by atoms with Crippen molar-refractivity contribution in [3.8, 4) is 0 Å². The normalized spacial score (nSPS) is 11.6. The van der Waals surface area contributed by atoms with Gasteiger partial charge < -0.3 is 0 Å². The van der Waals surface area contributed by atoms with Gasteiger partial charge in [0.25, 0.3) is 0 Å². The van der Waals surface area contributed by atoms with E-state index in [1.807, 2.05) is 0 Å². The van der Waals surface area contributed by atoms with Gasteiger partial charge in [-0.05, 0) is 30.4 Å². The van der Waals surface area contributed by atoms with Crippen LogP contribution in [0.25, 0.3) is 0 Å². The van der Waals surface area contributed by atoms with Gasteiger partial charge in [0.05, 0.1) is 0 Å². The van der Waals surface area contributed by atoms with Crippen LogP contribution in [0, 0.1) is 17.0 Å². The lowest BCUT2D eigenvalue weighted by molar-refractivity contribution is -0.118. The molecule has 0 aromatic heterocycles. The van der Waals surface area contributed by atoms with Crippen LogP contribution in [0.15, 0.2) is 18.2 Å². The van der Waals surface area contributed by atoms with Crippen LogP contribution >= 0.6 is 0 Å². The highest BCUT2D eigenvalue weighted by atomic mass is 19.1. The van der Waals surface area contributed by atoms with Crippen LogP contribution in [0.1, 0.15) is 45.6 Å². The zero-order valence-corrected chi connectivity index (χ0v) is 11.2. The summed E-state index contributed by atoms with van der Waals surface area (Å²) in [7, 11) is 0. The molecular formula is C15H20F2O. The molecule has 18 heavy (non-hydrogen) atoms. The van der Waals surface area contributed by atoms with Gasteiger partial charge >= 0.3 is 0 Å². The Balaban J connectivity index is 2.50. The van der Waals surface area contributed by atoms with Crippen LogP contribution in [0.2, 0.25) is 0 Å². The van der Waals surface area contributed by atoms with Gasteiger partial charge in [-0.3, -0.25) is 4.79 Å². The van der Waals surface area contributed by atoms with Crippen molar-refractivity contribution in [1.29, 1.82) is 0 Å². The Morgan fingerprint density at radius 3 is 2.22 bits per heavy atom. The van der Waals surface area contributed by atoms with Crippen LogP contribution in [0.3, 0.4) is 0 Å². The van der Waals surface area contributed by atoms with Crippen molar-refractivity contribution in [1.82, 2.24) is 0 Å². The monoisotopic (exact) mass is 254 g/mol. The minimum absolute atomic E-state index is 0.108. The minimum atomic E-state index is -0.640. The molecule has 0 aliphatic rings. The molecule has 0 aliphatic carbocycles. The number of carbonyl (C=O) groups is 1. The molecule has 100 valence electrons. The molecule has 1 aromatic carbocycles. The standard InChI is InChI=1S/C15H20F2O/c1-15(2,3)9-5-6-11(18)10-12-13(16)7-4-8-14(12)17/h4,7-8H,5-6,9-10H2,1-3H3. The summed E-state index contributed by atoms with van der Waals surface area (Å²) < 4.78 is 26.7. The lowest BCUT2D eigenvalue weighted by atomic mass is 9.89. The second-order valence-corrected chi connectivity index (χ2v) is 5.83. The van der Waals surface area contributed by atoms with Crippen molar-refractivity contribution in [2.24, 2.45) is 5.41 Å². The molecule has 1 rings (SSSR count). The summed E-state index contributed by atoms with van der Waals surface area (Å²) in [5.41, 5.74) is 0.0713. The first kappa shape index (κ1) is 14.8. The first-order valence-electron chi connectivity index (χ1n) is 6.24. The topological polar surface area (TPSA) is 17.1 Å². The van der Waals surface area contributed by atoms with Gasteiger partial charge in [-0.2, -0.15) is 0 Å². The van der Waals surface area contributed by atoms with E-state index in [1.165, 1.54) is 18.2 Å². The fourth-order valence-corrected chi connectivity index (χ4v) is 1.80. The molecule has 0 fully saturated rings. The minimum Gasteiger partial charge on any atom is -0.299 e. The Labute approximate surface area is 107 Å². The van der Waals surface area contributed by atoms with Gasteiger partial charge in [0.15, 0.2) is 0 Å². The predicted octanol–water partition coefficient (Wildman–Crippen LogP) is 4.29. The highest BCUT2D eigenvalue weighted by Crippen LogP contribution is 2.22. The molecule has 0 bridgehead atoms. The van der Waals surface area contributed by atoms with Crippen LogP contribution in [-0.2, 0) is 11.2 Å². The molecule has 0 heterocycles. The third-order valence-corrected chi connectivity index (χ3v) is 2.82. The number of benzene rings is 1. The average molecular weight is 254 g/mol. The van der Waals surface area contributed by atoms with Crippen LogP contribution in [0.4, 0.5) is 8.78 Å². The van der Waals surface area contributed by atoms with Gasteiger partial charge in [0.2, 0.25) is 0 Å². The molecule has 0 N–H and O–H groups in total. The van der Waals surface area contributed by atoms with Crippen molar-refractivity contribution in [3.63, 3.8) is 0 Å². The molecular weight excluding hydrogens is 234 g/mol. The Kier molecular flexibility index (Phi) is 5.00. The molecule has 0 saturated heterocycles. The fourth-order valence-electron chi connectivity index (χ4n) is 1.80. The number of rotatable bonds is 5. The summed E-state index contributed by atoms with van der Waals surface area (Å²) in [5, 5.41) is 0. The quantitative estimate of drug-likeness (QED) is 0.766. The summed E-state index contributed by atoms with van der Waals surface area (Å²) in [6.45, 7) is 6.32. The highest BCUT2D eigenvalue weighted by molar-refractivity contribution is 5.80. The van der Waals surface area contributed by atoms with Crippen LogP contribution in [0.5, 0.6) is 0 Å². The number of carbonyl (C=O) groups excluding carboxylic acids is 1. The second-order valence-electron chi connectivity index (χ2n) is 5.83. The van der Waals surface area contributed by atoms with Crippen LogP contribution < -0.4 is 0 Å². The Morgan fingerprint density at radius 1 is 1.17 bits per heavy atom. The maximum atomic E-state index is 13.3. The Hall–Kier alpha value is -1.25. The third kappa shape index (κ3) is 4.94. The zero-order chi connectivity index (χ0) is 13.8. The van der Waals surface area contributed by atoms with Crippen molar-refractivity contribution >= 4 is 5.78 Å². The number of halogens is 2. The number of hydrogen-bond acceptors (Lipinski definition) is 1. The molecule has 1 nitrogen and oxygen atoms in total. The Bertz CT molecular complexity index is 399. The van der Waals surface area contributed by atoms with Crippen LogP contribution in [-0.4, -0.2) is 5.78 Å². The third-order valence-electron chi connectivity index (χ3n) is 2.82. The van der Waals surface area contributed by atoms with Gasteiger partial charge in [-0.25, -0.2) is 8.78 Å². The highest BCUT2D eigenvalue weighted by Gasteiger charge is 2.14. The van der Waals surface area contributed by atoms with Crippen molar-refractivity contribution < 1.29 is 13.6 Å². The molecule has 0 radical (unpaired) electrons. The summed E-state index contributed by atoms with van der Waals surface area (Å²) in [6, 6.07) is 3.67. The van der Waals surface area contributed by atoms with Gasteiger partial charge in [0, 0.05) is 18.4 Å². The molecule has 0 unspecified atom stereocenters. The largest absolute Gasteiger partial charge is 0.299 e. The molecule has 3 heteroatoms. The molecule has 0 atom stereocenters. The predicted molar refractivity (Wildman–Crippen MR) is 68.4 cm³/mol. The van der Waals surface area contributed by atoms with E-state index in [0.29, 0.717) is 6.42 Å². The summed E-state index contributed by atoms with van der Waals surface area (Å²) in [6.07, 6.45) is 1.92. The first-order chi connectivity index (χ1) is 8.29. The lowest BCUT2D eigenvalue weighted by Crippen LogP contribution is -2.09. The zero-order valence-electron chi connectivity index (χ0n) is 11.2. The summed E-state index contributed by atoms with van der Waals surface area (Å²) in [4.78, 5) is 11.7. The van der Waals surface area contributed by atoms with E-state index < -0.39 is 11.6 Å². The SMILES string of the molecule is CC(C)(C)CCCC(=O)Cc1c(F)cccc1F. The van der Waals surface area contributed by atoms with E-state index in [4.69, 9.17) is 0 Å². The maximum Gasteiger partial charge on any atom is 0.137 e. The molecule has 1 aromatic rings. The number of Topliss-reactive ketones (excluding diaryl/α,β-unsaturated/α-hetero) is 1. The maximum absolute atomic E-state index is 13.3. The molecule has 0 aliphatic heterocycles. The van der Waals surface area contributed by atoms with E-state index >= 15 is 0 Å². The smallest absolute Gasteiger partial charge is 0.137 e. The number of ketones is 1. The van der Waals surface area contributed by atoms with E-state index in [-0.39, 0.29) is 23.2 Å². The average Bonchev–Trinajstić information content (AvgIpc) is 2.22. The van der Waals surface area contributed by atoms with E-state index in [2.05, 4.69) is 20.8 Å². The van der Waals surface area contributed by atoms with Gasteiger partial charge in [0.1, 0.15) is 17.4 Å². The lowest BCUT2D eigenvalue weighted by Gasteiger charge is -2.17. The first-order valence-corrected chi connectivity index (χ1v) is 6.24. The Morgan fingerprint density at radius 2 is 1.72 bits per heavy atom. The molecule has 0 saturated carbocycles. The van der Waals surface area contributed by atoms with E-state index in [9.17, 15) is 13.6 Å². The van der Waals surface area contributed by atoms with E-state index in [1.54, 1.807) is 0 Å². The second kappa shape index (κ2) is 6.07. The van der Waals surface area contributed by atoms with Gasteiger partial charge in [-0.15, -0.1) is 0 Å². The van der Waals surface area contributed by atoms with E-state index in [0.717, 1.165) is 12.8 Å². The summed E-state index contributed by atoms with van der Waals surface area (Å²) in [5.74, 6) is -1.39. The molecule has 0 amide bonds. The number of hydrogen-bond donors (Lipinski definition) is 0. The van der Waals surface area contributed by atoms with Crippen molar-refractivity contribution in [2.45, 2.75) is 46.5 Å². The fraction of sp³-hybridized carbons (Fsp3) is 0.533. The van der Waals surface area contributed by atoms with Crippen molar-refractivity contribution in [3.05, 3.63) is 35.4 Å². The summed E-state index contributed by atoms with van der Waals surface area (Å²) >= 11 is 0. The van der Waals surface area contributed by atoms with Crippen molar-refractivity contribution in [2.75, 3.05) is 0 Å².